The van der Waals surface area contributed by atoms with Gasteiger partial charge in [-0.3, -0.25) is 0 Å². The molecule has 0 atom stereocenters. The molecule has 2 rings (SSSR count). The van der Waals surface area contributed by atoms with Gasteiger partial charge >= 0.3 is 0 Å². The van der Waals surface area contributed by atoms with Crippen molar-refractivity contribution in [2.24, 2.45) is 0 Å². The maximum atomic E-state index is 5.75. The zero-order valence-corrected chi connectivity index (χ0v) is 10.0. The number of anilines is 2. The Balaban J connectivity index is 1.92. The number of halogens is 1. The first-order valence-electron chi connectivity index (χ1n) is 5.07. The molecule has 2 aromatic rings. The van der Waals surface area contributed by atoms with Gasteiger partial charge in [0.05, 0.1) is 6.33 Å². The maximum Gasteiger partial charge on any atom is 0.228 e. The van der Waals surface area contributed by atoms with Crippen LogP contribution in [0.2, 0.25) is 5.28 Å². The molecule has 0 aliphatic rings. The van der Waals surface area contributed by atoms with Crippen molar-refractivity contribution in [3.05, 3.63) is 24.0 Å². The van der Waals surface area contributed by atoms with Gasteiger partial charge in [0.1, 0.15) is 0 Å². The Bertz CT molecular complexity index is 470. The van der Waals surface area contributed by atoms with Crippen molar-refractivity contribution in [1.82, 2.24) is 24.5 Å². The highest BCUT2D eigenvalue weighted by molar-refractivity contribution is 6.28. The number of nitrogens with zero attached hydrogens (tertiary/aromatic N) is 5. The highest BCUT2D eigenvalue weighted by Crippen LogP contribution is 2.08. The molecule has 0 saturated carbocycles. The Morgan fingerprint density at radius 1 is 1.29 bits per heavy atom. The van der Waals surface area contributed by atoms with Crippen LogP contribution in [0.25, 0.3) is 0 Å². The van der Waals surface area contributed by atoms with E-state index in [1.54, 1.807) is 19.6 Å². The monoisotopic (exact) mass is 253 g/mol. The lowest BCUT2D eigenvalue weighted by molar-refractivity contribution is 0.722. The second-order valence-corrected chi connectivity index (χ2v) is 3.57. The van der Waals surface area contributed by atoms with Crippen molar-refractivity contribution in [3.8, 4) is 0 Å². The van der Waals surface area contributed by atoms with Gasteiger partial charge in [-0.25, -0.2) is 4.98 Å². The number of nitrogens with one attached hydrogen (secondary N) is 2. The zero-order valence-electron chi connectivity index (χ0n) is 9.26. The molecule has 0 bridgehead atoms. The Kier molecular flexibility index (Phi) is 3.71. The molecule has 7 nitrogen and oxygen atoms in total. The van der Waals surface area contributed by atoms with Gasteiger partial charge in [-0.2, -0.15) is 15.0 Å². The van der Waals surface area contributed by atoms with E-state index in [2.05, 4.69) is 30.6 Å². The van der Waals surface area contributed by atoms with Crippen LogP contribution in [0.3, 0.4) is 0 Å². The molecule has 0 saturated heterocycles. The van der Waals surface area contributed by atoms with Crippen molar-refractivity contribution in [2.45, 2.75) is 6.54 Å². The second-order valence-electron chi connectivity index (χ2n) is 3.23. The van der Waals surface area contributed by atoms with Gasteiger partial charge in [-0.05, 0) is 11.6 Å². The quantitative estimate of drug-likeness (QED) is 0.823. The molecule has 0 aliphatic heterocycles. The summed E-state index contributed by atoms with van der Waals surface area (Å²) < 4.78 is 1.95. The van der Waals surface area contributed by atoms with Gasteiger partial charge in [0.25, 0.3) is 0 Å². The minimum Gasteiger partial charge on any atom is -0.357 e. The first-order valence-corrected chi connectivity index (χ1v) is 5.44. The SMILES string of the molecule is CNc1nc(Cl)nc(NCCn2ccnc2)n1. The molecule has 0 aliphatic carbocycles. The Labute approximate surface area is 103 Å². The molecular weight excluding hydrogens is 242 g/mol. The van der Waals surface area contributed by atoms with Crippen molar-refractivity contribution in [2.75, 3.05) is 24.2 Å². The smallest absolute Gasteiger partial charge is 0.228 e. The molecule has 0 radical (unpaired) electrons. The van der Waals surface area contributed by atoms with Crippen LogP contribution in [0.1, 0.15) is 0 Å². The molecule has 17 heavy (non-hydrogen) atoms. The largest absolute Gasteiger partial charge is 0.357 e. The van der Waals surface area contributed by atoms with Gasteiger partial charge in [-0.15, -0.1) is 0 Å². The number of hydrogen-bond donors (Lipinski definition) is 2. The molecule has 0 aromatic carbocycles. The Morgan fingerprint density at radius 3 is 2.82 bits per heavy atom. The van der Waals surface area contributed by atoms with Gasteiger partial charge in [0.2, 0.25) is 17.2 Å². The van der Waals surface area contributed by atoms with Crippen LogP contribution in [0.5, 0.6) is 0 Å². The van der Waals surface area contributed by atoms with Crippen LogP contribution in [-0.4, -0.2) is 38.1 Å². The van der Waals surface area contributed by atoms with Gasteiger partial charge in [0, 0.05) is 32.5 Å². The third kappa shape index (κ3) is 3.28. The lowest BCUT2D eigenvalue weighted by Gasteiger charge is -2.06. The summed E-state index contributed by atoms with van der Waals surface area (Å²) in [6, 6.07) is 0. The van der Waals surface area contributed by atoms with Crippen molar-refractivity contribution in [1.29, 1.82) is 0 Å². The molecule has 2 heterocycles. The predicted octanol–water partition coefficient (Wildman–Crippen LogP) is 0.875. The first kappa shape index (κ1) is 11.6. The van der Waals surface area contributed by atoms with E-state index < -0.39 is 0 Å². The Morgan fingerprint density at radius 2 is 2.12 bits per heavy atom. The molecule has 90 valence electrons. The number of rotatable bonds is 5. The highest BCUT2D eigenvalue weighted by atomic mass is 35.5. The van der Waals surface area contributed by atoms with Crippen molar-refractivity contribution < 1.29 is 0 Å². The van der Waals surface area contributed by atoms with E-state index in [1.807, 2.05) is 10.8 Å². The molecule has 2 N–H and O–H groups in total. The average Bonchev–Trinajstić information content (AvgIpc) is 2.81. The topological polar surface area (TPSA) is 80.5 Å². The lowest BCUT2D eigenvalue weighted by Crippen LogP contribution is -2.12. The van der Waals surface area contributed by atoms with Gasteiger partial charge in [0.15, 0.2) is 0 Å². The normalized spacial score (nSPS) is 10.2. The number of imidazole rings is 1. The van der Waals surface area contributed by atoms with Crippen molar-refractivity contribution in [3.63, 3.8) is 0 Å². The van der Waals surface area contributed by atoms with Crippen LogP contribution >= 0.6 is 11.6 Å². The van der Waals surface area contributed by atoms with E-state index in [0.29, 0.717) is 18.4 Å². The van der Waals surface area contributed by atoms with Crippen LogP contribution < -0.4 is 10.6 Å². The van der Waals surface area contributed by atoms with E-state index in [9.17, 15) is 0 Å². The third-order valence-electron chi connectivity index (χ3n) is 2.04. The molecular formula is C9H12ClN7. The van der Waals surface area contributed by atoms with E-state index in [1.165, 1.54) is 0 Å². The van der Waals surface area contributed by atoms with Gasteiger partial charge in [-0.1, -0.05) is 0 Å². The summed E-state index contributed by atoms with van der Waals surface area (Å²) >= 11 is 5.75. The van der Waals surface area contributed by atoms with E-state index in [4.69, 9.17) is 11.6 Å². The fraction of sp³-hybridized carbons (Fsp3) is 0.333. The third-order valence-corrected chi connectivity index (χ3v) is 2.21. The van der Waals surface area contributed by atoms with Crippen LogP contribution in [-0.2, 0) is 6.54 Å². The maximum absolute atomic E-state index is 5.75. The minimum atomic E-state index is 0.162. The minimum absolute atomic E-state index is 0.162. The summed E-state index contributed by atoms with van der Waals surface area (Å²) in [5, 5.41) is 6.04. The number of aromatic nitrogens is 5. The fourth-order valence-electron chi connectivity index (χ4n) is 1.26. The molecule has 0 amide bonds. The van der Waals surface area contributed by atoms with Crippen LogP contribution in [0.4, 0.5) is 11.9 Å². The lowest BCUT2D eigenvalue weighted by atomic mass is 10.6. The van der Waals surface area contributed by atoms with E-state index in [0.717, 1.165) is 6.54 Å². The summed E-state index contributed by atoms with van der Waals surface area (Å²) in [4.78, 5) is 15.9. The molecule has 8 heteroatoms. The highest BCUT2D eigenvalue weighted by Gasteiger charge is 2.02. The summed E-state index contributed by atoms with van der Waals surface area (Å²) in [5.41, 5.74) is 0. The number of hydrogen-bond acceptors (Lipinski definition) is 6. The average molecular weight is 254 g/mol. The first-order chi connectivity index (χ1) is 8.28. The molecule has 2 aromatic heterocycles. The van der Waals surface area contributed by atoms with E-state index in [-0.39, 0.29) is 5.28 Å². The fourth-order valence-corrected chi connectivity index (χ4v) is 1.42. The summed E-state index contributed by atoms with van der Waals surface area (Å²) in [6.07, 6.45) is 5.38. The van der Waals surface area contributed by atoms with Crippen LogP contribution in [0, 0.1) is 0 Å². The van der Waals surface area contributed by atoms with Crippen LogP contribution in [0.15, 0.2) is 18.7 Å². The van der Waals surface area contributed by atoms with Gasteiger partial charge < -0.3 is 15.2 Å². The summed E-state index contributed by atoms with van der Waals surface area (Å²) in [5.74, 6) is 0.893. The molecule has 0 spiro atoms. The molecule has 0 fully saturated rings. The molecule has 0 unspecified atom stereocenters. The van der Waals surface area contributed by atoms with E-state index >= 15 is 0 Å². The zero-order chi connectivity index (χ0) is 12.1. The predicted molar refractivity (Wildman–Crippen MR) is 65.1 cm³/mol. The summed E-state index contributed by atoms with van der Waals surface area (Å²) in [6.45, 7) is 1.46. The summed E-state index contributed by atoms with van der Waals surface area (Å²) in [7, 11) is 1.72. The standard InChI is InChI=1S/C9H12ClN7/c1-11-8-14-7(10)15-9(16-8)13-3-5-17-4-2-12-6-17/h2,4,6H,3,5H2,1H3,(H2,11,13,14,15,16). The van der Waals surface area contributed by atoms with Crippen molar-refractivity contribution >= 4 is 23.5 Å². The Hall–Kier alpha value is -1.89. The second kappa shape index (κ2) is 5.44.